The quantitative estimate of drug-likeness (QED) is 0.604. The van der Waals surface area contributed by atoms with E-state index in [0.29, 0.717) is 5.56 Å². The SMILES string of the molecule is N#CCNC(=O)c1ccc(=O)[nH]c1. The molecule has 0 saturated carbocycles. The zero-order valence-corrected chi connectivity index (χ0v) is 6.70. The van der Waals surface area contributed by atoms with Crippen LogP contribution < -0.4 is 10.9 Å². The molecular weight excluding hydrogens is 170 g/mol. The van der Waals surface area contributed by atoms with Crippen molar-refractivity contribution in [2.75, 3.05) is 6.54 Å². The van der Waals surface area contributed by atoms with Crippen LogP contribution in [0.5, 0.6) is 0 Å². The molecule has 0 radical (unpaired) electrons. The molecule has 0 aliphatic rings. The molecule has 0 bridgehead atoms. The lowest BCUT2D eigenvalue weighted by atomic mass is 10.3. The number of H-pyrrole nitrogens is 1. The van der Waals surface area contributed by atoms with E-state index in [1.54, 1.807) is 6.07 Å². The highest BCUT2D eigenvalue weighted by molar-refractivity contribution is 5.93. The maximum atomic E-state index is 11.1. The molecule has 0 saturated heterocycles. The van der Waals surface area contributed by atoms with Gasteiger partial charge in [0.15, 0.2) is 0 Å². The lowest BCUT2D eigenvalue weighted by Crippen LogP contribution is -2.24. The Hall–Kier alpha value is -2.09. The highest BCUT2D eigenvalue weighted by Gasteiger charge is 2.02. The van der Waals surface area contributed by atoms with Crippen molar-refractivity contribution in [3.8, 4) is 6.07 Å². The third-order valence-electron chi connectivity index (χ3n) is 1.37. The molecule has 0 aliphatic carbocycles. The van der Waals surface area contributed by atoms with Crippen molar-refractivity contribution in [2.24, 2.45) is 0 Å². The van der Waals surface area contributed by atoms with E-state index in [1.807, 2.05) is 0 Å². The van der Waals surface area contributed by atoms with E-state index >= 15 is 0 Å². The topological polar surface area (TPSA) is 85.8 Å². The second-order valence-electron chi connectivity index (χ2n) is 2.28. The van der Waals surface area contributed by atoms with Crippen molar-refractivity contribution in [1.29, 1.82) is 5.26 Å². The van der Waals surface area contributed by atoms with Crippen molar-refractivity contribution in [2.45, 2.75) is 0 Å². The molecule has 0 spiro atoms. The number of hydrogen-bond acceptors (Lipinski definition) is 3. The van der Waals surface area contributed by atoms with E-state index in [9.17, 15) is 9.59 Å². The van der Waals surface area contributed by atoms with E-state index in [1.165, 1.54) is 18.3 Å². The Labute approximate surface area is 74.0 Å². The fourth-order valence-electron chi connectivity index (χ4n) is 0.774. The summed E-state index contributed by atoms with van der Waals surface area (Å²) in [6.45, 7) is -0.0437. The molecule has 5 nitrogen and oxygen atoms in total. The Morgan fingerprint density at radius 2 is 2.38 bits per heavy atom. The standard InChI is InChI=1S/C8H7N3O2/c9-3-4-10-8(13)6-1-2-7(12)11-5-6/h1-2,5H,4H2,(H,10,13)(H,11,12). The number of nitriles is 1. The Bertz CT molecular complexity index is 382. The summed E-state index contributed by atoms with van der Waals surface area (Å²) >= 11 is 0. The average Bonchev–Trinajstić information content (AvgIpc) is 2.15. The molecule has 2 N–H and O–H groups in total. The number of nitrogens with zero attached hydrogens (tertiary/aromatic N) is 1. The lowest BCUT2D eigenvalue weighted by molar-refractivity contribution is 0.0958. The van der Waals surface area contributed by atoms with Crippen LogP contribution >= 0.6 is 0 Å². The number of carbonyl (C=O) groups is 1. The molecule has 0 fully saturated rings. The Morgan fingerprint density at radius 3 is 2.92 bits per heavy atom. The highest BCUT2D eigenvalue weighted by atomic mass is 16.1. The number of pyridine rings is 1. The number of nitrogens with one attached hydrogen (secondary N) is 2. The Balaban J connectivity index is 2.73. The molecule has 0 aromatic carbocycles. The van der Waals surface area contributed by atoms with Gasteiger partial charge in [0.2, 0.25) is 5.56 Å². The molecule has 1 amide bonds. The molecule has 66 valence electrons. The van der Waals surface area contributed by atoms with Gasteiger partial charge in [-0.3, -0.25) is 9.59 Å². The van der Waals surface area contributed by atoms with Crippen LogP contribution in [0, 0.1) is 11.3 Å². The van der Waals surface area contributed by atoms with Crippen LogP contribution in [0.1, 0.15) is 10.4 Å². The van der Waals surface area contributed by atoms with Crippen LogP contribution in [0.3, 0.4) is 0 Å². The van der Waals surface area contributed by atoms with E-state index in [4.69, 9.17) is 5.26 Å². The number of hydrogen-bond donors (Lipinski definition) is 2. The van der Waals surface area contributed by atoms with Crippen molar-refractivity contribution < 1.29 is 4.79 Å². The summed E-state index contributed by atoms with van der Waals surface area (Å²) in [4.78, 5) is 24.1. The van der Waals surface area contributed by atoms with Gasteiger partial charge in [-0.15, -0.1) is 0 Å². The molecule has 1 rings (SSSR count). The molecular formula is C8H7N3O2. The van der Waals surface area contributed by atoms with Gasteiger partial charge in [-0.1, -0.05) is 0 Å². The molecule has 0 aliphatic heterocycles. The molecule has 1 aromatic rings. The normalized spacial score (nSPS) is 8.85. The zero-order valence-electron chi connectivity index (χ0n) is 6.70. The van der Waals surface area contributed by atoms with Gasteiger partial charge in [-0.2, -0.15) is 5.26 Å². The van der Waals surface area contributed by atoms with E-state index in [2.05, 4.69) is 10.3 Å². The van der Waals surface area contributed by atoms with Crippen molar-refractivity contribution >= 4 is 5.91 Å². The molecule has 5 heteroatoms. The summed E-state index contributed by atoms with van der Waals surface area (Å²) in [7, 11) is 0. The number of amides is 1. The summed E-state index contributed by atoms with van der Waals surface area (Å²) < 4.78 is 0. The second kappa shape index (κ2) is 4.07. The molecule has 0 unspecified atom stereocenters. The molecule has 0 atom stereocenters. The first kappa shape index (κ1) is 9.00. The van der Waals surface area contributed by atoms with Gasteiger partial charge in [-0.25, -0.2) is 0 Å². The van der Waals surface area contributed by atoms with E-state index in [0.717, 1.165) is 0 Å². The van der Waals surface area contributed by atoms with Crippen LogP contribution in [0.25, 0.3) is 0 Å². The van der Waals surface area contributed by atoms with Gasteiger partial charge in [0.1, 0.15) is 6.54 Å². The number of carbonyl (C=O) groups excluding carboxylic acids is 1. The van der Waals surface area contributed by atoms with Crippen LogP contribution in [0.4, 0.5) is 0 Å². The third kappa shape index (κ3) is 2.45. The first-order valence-electron chi connectivity index (χ1n) is 3.58. The van der Waals surface area contributed by atoms with Gasteiger partial charge in [0.25, 0.3) is 5.91 Å². The van der Waals surface area contributed by atoms with Crippen LogP contribution in [0.15, 0.2) is 23.1 Å². The molecule has 13 heavy (non-hydrogen) atoms. The number of aromatic nitrogens is 1. The highest BCUT2D eigenvalue weighted by Crippen LogP contribution is 1.91. The molecule has 1 heterocycles. The monoisotopic (exact) mass is 177 g/mol. The zero-order chi connectivity index (χ0) is 9.68. The van der Waals surface area contributed by atoms with Gasteiger partial charge in [-0.05, 0) is 6.07 Å². The van der Waals surface area contributed by atoms with Gasteiger partial charge < -0.3 is 10.3 Å². The minimum atomic E-state index is -0.377. The fourth-order valence-corrected chi connectivity index (χ4v) is 0.774. The summed E-state index contributed by atoms with van der Waals surface area (Å²) in [5.74, 6) is -0.377. The van der Waals surface area contributed by atoms with Crippen molar-refractivity contribution in [3.05, 3.63) is 34.2 Å². The smallest absolute Gasteiger partial charge is 0.253 e. The van der Waals surface area contributed by atoms with Gasteiger partial charge >= 0.3 is 0 Å². The van der Waals surface area contributed by atoms with Crippen LogP contribution in [-0.4, -0.2) is 17.4 Å². The first-order chi connectivity index (χ1) is 6.24. The minimum Gasteiger partial charge on any atom is -0.339 e. The number of rotatable bonds is 2. The maximum absolute atomic E-state index is 11.1. The predicted molar refractivity (Wildman–Crippen MR) is 45.0 cm³/mol. The van der Waals surface area contributed by atoms with Gasteiger partial charge in [0.05, 0.1) is 11.6 Å². The second-order valence-corrected chi connectivity index (χ2v) is 2.28. The third-order valence-corrected chi connectivity index (χ3v) is 1.37. The van der Waals surface area contributed by atoms with E-state index < -0.39 is 0 Å². The summed E-state index contributed by atoms with van der Waals surface area (Å²) in [6.07, 6.45) is 1.30. The van der Waals surface area contributed by atoms with Crippen LogP contribution in [0.2, 0.25) is 0 Å². The fraction of sp³-hybridized carbons (Fsp3) is 0.125. The maximum Gasteiger partial charge on any atom is 0.253 e. The number of aromatic amines is 1. The largest absolute Gasteiger partial charge is 0.339 e. The van der Waals surface area contributed by atoms with Gasteiger partial charge in [0, 0.05) is 12.3 Å². The molecule has 1 aromatic heterocycles. The summed E-state index contributed by atoms with van der Waals surface area (Å²) in [5.41, 5.74) is 0.0617. The summed E-state index contributed by atoms with van der Waals surface area (Å²) in [5, 5.41) is 10.5. The Kier molecular flexibility index (Phi) is 2.82. The minimum absolute atomic E-state index is 0.0437. The Morgan fingerprint density at radius 1 is 1.62 bits per heavy atom. The van der Waals surface area contributed by atoms with Crippen molar-refractivity contribution in [3.63, 3.8) is 0 Å². The lowest BCUT2D eigenvalue weighted by Gasteiger charge is -1.98. The summed E-state index contributed by atoms with van der Waals surface area (Å²) in [6, 6.07) is 4.42. The van der Waals surface area contributed by atoms with Crippen LogP contribution in [-0.2, 0) is 0 Å². The average molecular weight is 177 g/mol. The van der Waals surface area contributed by atoms with Crippen molar-refractivity contribution in [1.82, 2.24) is 10.3 Å². The van der Waals surface area contributed by atoms with E-state index in [-0.39, 0.29) is 18.0 Å². The predicted octanol–water partition coefficient (Wildman–Crippen LogP) is -0.372. The first-order valence-corrected chi connectivity index (χ1v) is 3.58.